The van der Waals surface area contributed by atoms with Crippen LogP contribution in [0.25, 0.3) is 5.69 Å². The number of aryl methyl sites for hydroxylation is 1. The molecule has 1 N–H and O–H groups in total. The van der Waals surface area contributed by atoms with E-state index in [-0.39, 0.29) is 5.91 Å². The molecule has 7 nitrogen and oxygen atoms in total. The molecule has 1 aliphatic rings. The van der Waals surface area contributed by atoms with Crippen LogP contribution in [0.3, 0.4) is 0 Å². The molecular weight excluding hydrogens is 330 g/mol. The van der Waals surface area contributed by atoms with E-state index in [4.69, 9.17) is 11.2 Å². The van der Waals surface area contributed by atoms with Crippen molar-refractivity contribution >= 4 is 5.91 Å². The lowest BCUT2D eigenvalue weighted by Gasteiger charge is -2.10. The van der Waals surface area contributed by atoms with Crippen LogP contribution in [0.15, 0.2) is 41.0 Å². The van der Waals surface area contributed by atoms with Crippen molar-refractivity contribution in [2.75, 3.05) is 13.7 Å². The van der Waals surface area contributed by atoms with Crippen molar-refractivity contribution in [3.8, 4) is 23.8 Å². The number of imidazole rings is 1. The van der Waals surface area contributed by atoms with Gasteiger partial charge in [-0.25, -0.2) is 4.98 Å². The fraction of sp³-hybridized carbons (Fsp3) is 0.368. The molecule has 134 valence electrons. The third kappa shape index (κ3) is 3.91. The van der Waals surface area contributed by atoms with E-state index in [0.29, 0.717) is 30.8 Å². The molecule has 2 aromatic rings. The van der Waals surface area contributed by atoms with Crippen LogP contribution in [-0.4, -0.2) is 34.8 Å². The van der Waals surface area contributed by atoms with Gasteiger partial charge in [-0.3, -0.25) is 4.79 Å². The first-order chi connectivity index (χ1) is 12.6. The molecule has 0 unspecified atom stereocenters. The number of rotatable bonds is 8. The molecule has 26 heavy (non-hydrogen) atoms. The molecule has 7 heteroatoms. The number of nitrogens with one attached hydrogen (secondary N) is 1. The largest absolute Gasteiger partial charge is 0.495 e. The molecular formula is C19H21N5O2. The highest BCUT2D eigenvalue weighted by atomic mass is 16.5. The third-order valence-electron chi connectivity index (χ3n) is 4.29. The van der Waals surface area contributed by atoms with Crippen LogP contribution < -0.4 is 10.1 Å². The number of terminal acetylenes is 1. The highest BCUT2D eigenvalue weighted by Gasteiger charge is 2.38. The number of hydrogen-bond acceptors (Lipinski definition) is 5. The van der Waals surface area contributed by atoms with Gasteiger partial charge in [-0.2, -0.15) is 10.2 Å². The summed E-state index contributed by atoms with van der Waals surface area (Å²) in [7, 11) is 1.61. The van der Waals surface area contributed by atoms with Gasteiger partial charge in [-0.1, -0.05) is 6.07 Å². The first-order valence-corrected chi connectivity index (χ1v) is 8.42. The highest BCUT2D eigenvalue weighted by molar-refractivity contribution is 5.92. The Labute approximate surface area is 152 Å². The van der Waals surface area contributed by atoms with Crippen molar-refractivity contribution in [3.63, 3.8) is 0 Å². The van der Waals surface area contributed by atoms with E-state index in [1.165, 1.54) is 0 Å². The molecule has 3 rings (SSSR count). The monoisotopic (exact) mass is 351 g/mol. The Bertz CT molecular complexity index is 872. The van der Waals surface area contributed by atoms with E-state index in [2.05, 4.69) is 26.4 Å². The number of aromatic nitrogens is 2. The van der Waals surface area contributed by atoms with Gasteiger partial charge in [0.15, 0.2) is 5.66 Å². The van der Waals surface area contributed by atoms with Crippen molar-refractivity contribution < 1.29 is 9.53 Å². The normalized spacial score (nSPS) is 13.9. The highest BCUT2D eigenvalue weighted by Crippen LogP contribution is 2.36. The minimum Gasteiger partial charge on any atom is -0.495 e. The van der Waals surface area contributed by atoms with E-state index in [1.54, 1.807) is 24.2 Å². The summed E-state index contributed by atoms with van der Waals surface area (Å²) in [5.41, 5.74) is 1.88. The van der Waals surface area contributed by atoms with Crippen molar-refractivity contribution in [3.05, 3.63) is 42.0 Å². The number of amides is 1. The van der Waals surface area contributed by atoms with E-state index in [9.17, 15) is 4.79 Å². The molecule has 0 fully saturated rings. The van der Waals surface area contributed by atoms with E-state index >= 15 is 0 Å². The summed E-state index contributed by atoms with van der Waals surface area (Å²) in [4.78, 5) is 16.5. The summed E-state index contributed by atoms with van der Waals surface area (Å²) in [5.74, 6) is 3.07. The summed E-state index contributed by atoms with van der Waals surface area (Å²) in [6, 6.07) is 5.84. The van der Waals surface area contributed by atoms with Crippen molar-refractivity contribution in [1.82, 2.24) is 14.9 Å². The maximum absolute atomic E-state index is 12.3. The summed E-state index contributed by atoms with van der Waals surface area (Å²) in [6.07, 6.45) is 10.6. The second-order valence-corrected chi connectivity index (χ2v) is 6.23. The molecule has 1 aromatic carbocycles. The van der Waals surface area contributed by atoms with Crippen LogP contribution >= 0.6 is 0 Å². The lowest BCUT2D eigenvalue weighted by Crippen LogP contribution is -2.28. The summed E-state index contributed by atoms with van der Waals surface area (Å²) < 4.78 is 7.16. The fourth-order valence-electron chi connectivity index (χ4n) is 2.71. The number of nitrogens with zero attached hydrogens (tertiary/aromatic N) is 4. The Hall–Kier alpha value is -3.14. The maximum Gasteiger partial charge on any atom is 0.271 e. The molecule has 1 aliphatic heterocycles. The lowest BCUT2D eigenvalue weighted by atomic mass is 10.0. The predicted molar refractivity (Wildman–Crippen MR) is 97.5 cm³/mol. The minimum atomic E-state index is -0.395. The number of methoxy groups -OCH3 is 1. The van der Waals surface area contributed by atoms with Crippen LogP contribution in [-0.2, 0) is 0 Å². The summed E-state index contributed by atoms with van der Waals surface area (Å²) in [5, 5.41) is 11.0. The molecule has 0 saturated carbocycles. The Morgan fingerprint density at radius 3 is 2.88 bits per heavy atom. The van der Waals surface area contributed by atoms with Gasteiger partial charge in [0, 0.05) is 32.0 Å². The van der Waals surface area contributed by atoms with Crippen LogP contribution in [0, 0.1) is 19.3 Å². The molecule has 0 spiro atoms. The smallest absolute Gasteiger partial charge is 0.271 e. The third-order valence-corrected chi connectivity index (χ3v) is 4.29. The van der Waals surface area contributed by atoms with E-state index in [0.717, 1.165) is 17.7 Å². The lowest BCUT2D eigenvalue weighted by molar-refractivity contribution is 0.0947. The number of ether oxygens (including phenoxy) is 1. The Morgan fingerprint density at radius 2 is 2.19 bits per heavy atom. The Morgan fingerprint density at radius 1 is 1.38 bits per heavy atom. The molecule has 0 saturated heterocycles. The second-order valence-electron chi connectivity index (χ2n) is 6.23. The predicted octanol–water partition coefficient (Wildman–Crippen LogP) is 2.88. The zero-order chi connectivity index (χ0) is 18.6. The Balaban J connectivity index is 1.60. The number of hydrogen-bond donors (Lipinski definition) is 1. The van der Waals surface area contributed by atoms with Gasteiger partial charge in [-0.15, -0.1) is 12.3 Å². The number of carbonyl (C=O) groups excluding carboxylic acids is 1. The average Bonchev–Trinajstić information content (AvgIpc) is 3.23. The average molecular weight is 351 g/mol. The first kappa shape index (κ1) is 17.7. The molecule has 0 radical (unpaired) electrons. The van der Waals surface area contributed by atoms with Crippen LogP contribution in [0.2, 0.25) is 0 Å². The Kier molecular flexibility index (Phi) is 5.03. The molecule has 1 amide bonds. The van der Waals surface area contributed by atoms with Crippen molar-refractivity contribution in [1.29, 1.82) is 0 Å². The van der Waals surface area contributed by atoms with E-state index in [1.807, 2.05) is 25.1 Å². The topological polar surface area (TPSA) is 80.9 Å². The zero-order valence-corrected chi connectivity index (χ0v) is 14.9. The zero-order valence-electron chi connectivity index (χ0n) is 14.9. The second kappa shape index (κ2) is 7.40. The number of benzene rings is 1. The SMILES string of the molecule is C#CCCC1(CCNC(=O)c2cn(-c3cc(C)ccc3OC)cn2)N=N1. The van der Waals surface area contributed by atoms with Crippen LogP contribution in [0.1, 0.15) is 35.3 Å². The van der Waals surface area contributed by atoms with Gasteiger partial charge >= 0.3 is 0 Å². The van der Waals surface area contributed by atoms with Crippen LogP contribution in [0.4, 0.5) is 0 Å². The molecule has 2 heterocycles. The van der Waals surface area contributed by atoms with E-state index < -0.39 is 5.66 Å². The molecule has 0 aliphatic carbocycles. The van der Waals surface area contributed by atoms with Gasteiger partial charge in [-0.05, 0) is 24.6 Å². The molecule has 0 atom stereocenters. The molecule has 1 aromatic heterocycles. The van der Waals surface area contributed by atoms with Gasteiger partial charge in [0.2, 0.25) is 0 Å². The van der Waals surface area contributed by atoms with Crippen molar-refractivity contribution in [2.24, 2.45) is 10.2 Å². The fourth-order valence-corrected chi connectivity index (χ4v) is 2.71. The molecule has 0 bridgehead atoms. The van der Waals surface area contributed by atoms with Crippen LogP contribution in [0.5, 0.6) is 5.75 Å². The number of carbonyl (C=O) groups is 1. The quantitative estimate of drug-likeness (QED) is 0.743. The standard InChI is InChI=1S/C19H21N5O2/c1-4-5-8-19(22-23-19)9-10-20-18(25)15-12-24(13-21-15)16-11-14(2)6-7-17(16)26-3/h1,6-7,11-13H,5,8-10H2,2-3H3,(H,20,25). The first-order valence-electron chi connectivity index (χ1n) is 8.42. The minimum absolute atomic E-state index is 0.233. The van der Waals surface area contributed by atoms with Gasteiger partial charge in [0.1, 0.15) is 17.8 Å². The maximum atomic E-state index is 12.3. The van der Waals surface area contributed by atoms with Gasteiger partial charge < -0.3 is 14.6 Å². The van der Waals surface area contributed by atoms with Gasteiger partial charge in [0.05, 0.1) is 12.8 Å². The summed E-state index contributed by atoms with van der Waals surface area (Å²) >= 11 is 0. The van der Waals surface area contributed by atoms with Crippen molar-refractivity contribution in [2.45, 2.75) is 31.8 Å². The summed E-state index contributed by atoms with van der Waals surface area (Å²) in [6.45, 7) is 2.47. The van der Waals surface area contributed by atoms with Gasteiger partial charge in [0.25, 0.3) is 5.91 Å².